The molecule has 0 radical (unpaired) electrons. The molecule has 2 unspecified atom stereocenters. The van der Waals surface area contributed by atoms with Crippen molar-refractivity contribution >= 4 is 66.4 Å². The Labute approximate surface area is 626 Å². The number of phosphoric ester groups is 1. The van der Waals surface area contributed by atoms with Crippen LogP contribution in [0.25, 0.3) is 11.3 Å². The monoisotopic (exact) mass is 1510 g/mol. The zero-order valence-corrected chi connectivity index (χ0v) is 62.1. The van der Waals surface area contributed by atoms with Crippen molar-refractivity contribution in [2.24, 2.45) is 11.3 Å². The highest BCUT2D eigenvalue weighted by atomic mass is 31.2. The summed E-state index contributed by atoms with van der Waals surface area (Å²) in [5.41, 5.74) is 2.66. The number of β-amino-alcohol motifs (C(OH)–C–C–N with tert-alkyl or cyclic N) is 1. The van der Waals surface area contributed by atoms with Crippen molar-refractivity contribution in [1.82, 2.24) is 45.7 Å². The van der Waals surface area contributed by atoms with Gasteiger partial charge < -0.3 is 73.8 Å². The lowest BCUT2D eigenvalue weighted by atomic mass is 9.68. The molecule has 31 nitrogen and oxygen atoms in total. The Hall–Kier alpha value is -9.80. The van der Waals surface area contributed by atoms with E-state index in [1.807, 2.05) is 51.9 Å². The minimum atomic E-state index is -4.99. The van der Waals surface area contributed by atoms with Gasteiger partial charge in [0.2, 0.25) is 29.5 Å². The highest BCUT2D eigenvalue weighted by molar-refractivity contribution is 7.46. The number of piperazine rings is 1. The maximum atomic E-state index is 14.2. The van der Waals surface area contributed by atoms with Gasteiger partial charge in [-0.1, -0.05) is 56.7 Å². The molecule has 2 bridgehead atoms. The van der Waals surface area contributed by atoms with Gasteiger partial charge in [0, 0.05) is 106 Å². The van der Waals surface area contributed by atoms with E-state index in [-0.39, 0.29) is 109 Å². The molecule has 4 aliphatic heterocycles. The summed E-state index contributed by atoms with van der Waals surface area (Å²) in [6.07, 6.45) is 7.76. The Morgan fingerprint density at radius 1 is 0.824 bits per heavy atom. The first-order valence-corrected chi connectivity index (χ1v) is 38.6. The lowest BCUT2D eigenvalue weighted by Crippen LogP contribution is -2.55. The third-order valence-electron chi connectivity index (χ3n) is 21.3. The molecule has 2 saturated carbocycles. The number of pyridine rings is 1. The number of ether oxygens (including phenoxy) is 4. The maximum Gasteiger partial charge on any atom is 0.524 e. The Balaban J connectivity index is 0.604. The number of aliphatic hydroxyl groups is 1. The fraction of sp³-hybridized carbons (Fsp3) is 0.513. The minimum absolute atomic E-state index is 0.000424. The molecule has 108 heavy (non-hydrogen) atoms. The van der Waals surface area contributed by atoms with Crippen molar-refractivity contribution in [2.45, 2.75) is 171 Å². The zero-order chi connectivity index (χ0) is 76.4. The smallest absolute Gasteiger partial charge is 0.480 e. The topological polar surface area (TPSA) is 399 Å². The number of likely N-dealkylation sites (tertiary alicyclic amines) is 2. The second-order valence-electron chi connectivity index (χ2n) is 29.6. The van der Waals surface area contributed by atoms with Crippen molar-refractivity contribution in [1.29, 1.82) is 5.26 Å². The van der Waals surface area contributed by atoms with Crippen molar-refractivity contribution < 1.29 is 81.3 Å². The molecular weight excluding hydrogens is 1410 g/mol. The number of benzene rings is 3. The molecule has 32 heteroatoms. The number of amides is 5. The molecule has 4 saturated heterocycles. The number of carboxylic acid groups (broad SMARTS) is 1. The molecule has 3 aromatic heterocycles. The van der Waals surface area contributed by atoms with Crippen molar-refractivity contribution in [3.63, 3.8) is 0 Å². The number of anilines is 4. The molecule has 3 aromatic carbocycles. The first kappa shape index (κ1) is 77.8. The predicted octanol–water partition coefficient (Wildman–Crippen LogP) is 7.93. The summed E-state index contributed by atoms with van der Waals surface area (Å²) in [7, 11) is -1.11. The van der Waals surface area contributed by atoms with Crippen LogP contribution in [0.4, 0.5) is 27.7 Å². The first-order chi connectivity index (χ1) is 51.8. The van der Waals surface area contributed by atoms with Gasteiger partial charge >= 0.3 is 19.9 Å². The quantitative estimate of drug-likeness (QED) is 0.0113. The number of aromatic nitrogens is 4. The van der Waals surface area contributed by atoms with Crippen LogP contribution in [-0.4, -0.2) is 206 Å². The van der Waals surface area contributed by atoms with Crippen LogP contribution in [-0.2, 0) is 44.6 Å². The van der Waals surface area contributed by atoms with Gasteiger partial charge in [0.15, 0.2) is 11.6 Å². The number of carbonyl (C=O) groups excluding carboxylic acids is 5. The highest BCUT2D eigenvalue weighted by Gasteiger charge is 2.52. The molecule has 5 amide bonds. The molecule has 6 fully saturated rings. The number of piperidine rings is 1. The maximum absolute atomic E-state index is 14.2. The summed E-state index contributed by atoms with van der Waals surface area (Å²) in [5, 5.41) is 54.1. The van der Waals surface area contributed by atoms with E-state index >= 15 is 0 Å². The highest BCUT2D eigenvalue weighted by Crippen LogP contribution is 2.46. The number of rotatable bonds is 32. The molecule has 8 N–H and O–H groups in total. The molecule has 7 heterocycles. The van der Waals surface area contributed by atoms with Crippen molar-refractivity contribution in [3.05, 3.63) is 126 Å². The van der Waals surface area contributed by atoms with Crippen molar-refractivity contribution in [3.8, 4) is 34.8 Å². The Morgan fingerprint density at radius 2 is 1.56 bits per heavy atom. The van der Waals surface area contributed by atoms with Crippen LogP contribution in [0, 0.1) is 22.7 Å². The Kier molecular flexibility index (Phi) is 24.9. The van der Waals surface area contributed by atoms with E-state index in [0.29, 0.717) is 79.6 Å². The summed E-state index contributed by atoms with van der Waals surface area (Å²) >= 11 is 0. The molecule has 7 atom stereocenters. The third kappa shape index (κ3) is 19.2. The van der Waals surface area contributed by atoms with Gasteiger partial charge in [-0.15, -0.1) is 10.2 Å². The van der Waals surface area contributed by atoms with E-state index in [4.69, 9.17) is 28.0 Å². The number of nitrogens with zero attached hydrogens (tertiary/aromatic N) is 10. The normalized spacial score (nSPS) is 21.4. The Bertz CT molecular complexity index is 4240. The summed E-state index contributed by atoms with van der Waals surface area (Å²) in [6, 6.07) is 26.9. The fourth-order valence-electron chi connectivity index (χ4n) is 15.1. The van der Waals surface area contributed by atoms with Crippen LogP contribution in [0.2, 0.25) is 0 Å². The average molecular weight is 1510 g/mol. The van der Waals surface area contributed by atoms with Gasteiger partial charge in [-0.2, -0.15) is 5.26 Å². The summed E-state index contributed by atoms with van der Waals surface area (Å²) in [6.45, 7) is 9.81. The van der Waals surface area contributed by atoms with E-state index in [1.165, 1.54) is 11.0 Å². The second kappa shape index (κ2) is 34.6. The van der Waals surface area contributed by atoms with E-state index in [1.54, 1.807) is 85.1 Å². The number of hydrogen-bond donors (Lipinski definition) is 8. The Morgan fingerprint density at radius 3 is 2.23 bits per heavy atom. The number of aliphatic carboxylic acids is 1. The predicted molar refractivity (Wildman–Crippen MR) is 394 cm³/mol. The molecule has 6 aliphatic rings. The summed E-state index contributed by atoms with van der Waals surface area (Å²) < 4.78 is 47.7. The number of nitrogens with one attached hydrogen (secondary N) is 4. The molecule has 12 rings (SSSR count). The van der Waals surface area contributed by atoms with Crippen molar-refractivity contribution in [2.75, 3.05) is 86.9 Å². The largest absolute Gasteiger partial charge is 0.524 e. The van der Waals surface area contributed by atoms with Gasteiger partial charge in [0.1, 0.15) is 48.5 Å². The second-order valence-corrected chi connectivity index (χ2v) is 30.7. The lowest BCUT2D eigenvalue weighted by Gasteiger charge is -2.44. The van der Waals surface area contributed by atoms with Crippen LogP contribution in [0.15, 0.2) is 108 Å². The van der Waals surface area contributed by atoms with Gasteiger partial charge in [-0.25, -0.2) is 14.3 Å². The van der Waals surface area contributed by atoms with Crippen LogP contribution >= 0.6 is 7.82 Å². The van der Waals surface area contributed by atoms with E-state index in [2.05, 4.69) is 62.4 Å². The van der Waals surface area contributed by atoms with E-state index in [9.17, 15) is 58.6 Å². The number of aliphatic hydroxyl groups excluding tert-OH is 1. The van der Waals surface area contributed by atoms with Gasteiger partial charge in [-0.3, -0.25) is 44.0 Å². The van der Waals surface area contributed by atoms with Gasteiger partial charge in [0.05, 0.1) is 47.4 Å². The van der Waals surface area contributed by atoms with Crippen LogP contribution in [0.3, 0.4) is 0 Å². The fourth-order valence-corrected chi connectivity index (χ4v) is 15.6. The van der Waals surface area contributed by atoms with Gasteiger partial charge in [-0.05, 0) is 156 Å². The summed E-state index contributed by atoms with van der Waals surface area (Å²) in [5.74, 6) is -3.06. The molecule has 6 aromatic rings. The van der Waals surface area contributed by atoms with E-state index in [0.717, 1.165) is 75.8 Å². The SMILES string of the molecule is CC(C)[C@@H](C(=O)N1C[C@H](O)C[C@H]1C(=O)N[C@@H](C)c1ccc(C#N)cc1)c1cc(OCCN2CCC(OC3CC(Oc4cc(N5C6CCC5CN(c5cc(-c7ccccc7OP(=O)(O)O)nnc5NC(=O)OCc5ccc(NC(=O)[C@H](CCCCN(C)C)NC(=O)C7(C(=O)O)CCC7)cc5)C6)ccn4)C3)CC2)no1. The number of fused-ring (bicyclic) bond motifs is 2. The third-order valence-corrected chi connectivity index (χ3v) is 21.7. The van der Waals surface area contributed by atoms with Crippen LogP contribution < -0.4 is 45.1 Å². The lowest BCUT2D eigenvalue weighted by molar-refractivity contribution is -0.162. The van der Waals surface area contributed by atoms with E-state index < -0.39 is 67.3 Å². The number of phosphoric acid groups is 1. The average Bonchev–Trinajstić information content (AvgIpc) is 1.64. The molecule has 576 valence electrons. The number of carboxylic acids is 1. The zero-order valence-electron chi connectivity index (χ0n) is 61.2. The number of hydrogen-bond acceptors (Lipinski definition) is 23. The number of unbranched alkanes of at least 4 members (excludes halogenated alkanes) is 1. The van der Waals surface area contributed by atoms with Crippen LogP contribution in [0.1, 0.15) is 139 Å². The molecule has 2 aliphatic carbocycles. The standard InChI is InChI=1S/C76H95N14O17P/c1-46(2)68(72(94)89-44-55(91)36-63(89)71(93)79-47(3)50-18-14-48(41-77)15-19-50)65-40-67(85-106-65)102-34-33-87-31-25-56(26-32-87)104-57-37-58(38-57)105-66-35-52(24-29-78-66)90-53-22-23-54(90)43-88(42-53)62-39-61(59-11-6-7-13-64(59)107-108(99,100)101)83-84-69(62)82-75(98)103-45-49-16-20-51(21-17-49)80-70(92)60(12-8-9-30-86(4)5)81-73(95)76(74(96)97)27-10-28-76/h6-7,11,13-21,24,29,35,39-40,46-47,53-58,60,63,68,91H,8-10,12,22-23,25-28,30-34,36-38,42-45H2,1-5H3,(H,79,93)(H,80,92)(H,81,95)(H,96,97)(H,82,84,98)(H2,99,100,101)/t47-,53?,54?,55+,57?,58?,60-,63-,68+/m0/s1. The molecule has 0 spiro atoms. The van der Waals surface area contributed by atoms with Crippen LogP contribution in [0.5, 0.6) is 17.5 Å². The number of para-hydroxylation sites is 1. The number of nitriles is 1. The van der Waals surface area contributed by atoms with Gasteiger partial charge in [0.25, 0.3) is 5.88 Å². The molecular formula is C76H95N14O17P. The summed E-state index contributed by atoms with van der Waals surface area (Å²) in [4.78, 5) is 115. The number of carbonyl (C=O) groups is 6. The first-order valence-electron chi connectivity index (χ1n) is 37.0. The minimum Gasteiger partial charge on any atom is -0.480 e.